The van der Waals surface area contributed by atoms with E-state index in [2.05, 4.69) is 0 Å². The average molecular weight is 377 g/mol. The molecule has 8 heteroatoms. The monoisotopic (exact) mass is 377 g/mol. The van der Waals surface area contributed by atoms with Gasteiger partial charge in [-0.1, -0.05) is 6.08 Å². The van der Waals surface area contributed by atoms with Crippen LogP contribution in [0.2, 0.25) is 0 Å². The van der Waals surface area contributed by atoms with Crippen molar-refractivity contribution in [1.82, 2.24) is 4.90 Å². The fourth-order valence-electron chi connectivity index (χ4n) is 3.97. The first kappa shape index (κ1) is 19.1. The van der Waals surface area contributed by atoms with Gasteiger partial charge in [-0.3, -0.25) is 0 Å². The highest BCUT2D eigenvalue weighted by Crippen LogP contribution is 2.54. The van der Waals surface area contributed by atoms with Gasteiger partial charge in [0.1, 0.15) is 17.6 Å². The summed E-state index contributed by atoms with van der Waals surface area (Å²) < 4.78 is 10.9. The first-order valence-electron chi connectivity index (χ1n) is 8.84. The lowest BCUT2D eigenvalue weighted by Crippen LogP contribution is -2.49. The maximum atomic E-state index is 12.3. The number of aryl methyl sites for hydroxylation is 1. The maximum absolute atomic E-state index is 12.3. The molecule has 1 aromatic heterocycles. The van der Waals surface area contributed by atoms with Gasteiger partial charge in [-0.15, -0.1) is 0 Å². The summed E-state index contributed by atoms with van der Waals surface area (Å²) in [6.45, 7) is 4.13. The molecule has 3 rings (SSSR count). The molecule has 0 aromatic carbocycles. The van der Waals surface area contributed by atoms with Crippen LogP contribution in [-0.4, -0.2) is 30.7 Å². The Morgan fingerprint density at radius 3 is 2.64 bits per heavy atom. The molecule has 0 spiro atoms. The van der Waals surface area contributed by atoms with Gasteiger partial charge in [0.2, 0.25) is 0 Å². The Bertz CT molecular complexity index is 984. The summed E-state index contributed by atoms with van der Waals surface area (Å²) in [6, 6.07) is 9.53. The van der Waals surface area contributed by atoms with Crippen molar-refractivity contribution in [3.8, 4) is 18.2 Å². The van der Waals surface area contributed by atoms with Crippen LogP contribution in [0.5, 0.6) is 0 Å². The second kappa shape index (κ2) is 7.13. The first-order valence-corrected chi connectivity index (χ1v) is 8.84. The number of ether oxygens (including phenoxy) is 1. The number of furan rings is 1. The Morgan fingerprint density at radius 2 is 2.11 bits per heavy atom. The smallest absolute Gasteiger partial charge is 0.410 e. The number of hydrogen-bond donors (Lipinski definition) is 1. The van der Waals surface area contributed by atoms with Crippen LogP contribution in [0.1, 0.15) is 24.4 Å². The third-order valence-electron chi connectivity index (χ3n) is 5.26. The zero-order valence-corrected chi connectivity index (χ0v) is 15.6. The van der Waals surface area contributed by atoms with Crippen molar-refractivity contribution in [3.05, 3.63) is 46.6 Å². The number of hydrogen-bond acceptors (Lipinski definition) is 7. The standard InChI is InChI=1S/C20H19N5O3/c1-3-27-19(26)25-7-6-13-14(8-21)18(24)20(10-22,11-23)17(15(13)9-25)16-5-4-12(2)28-16/h4-6,15,17H,3,7,9,24H2,1-2H3/t15-,17-/m0/s1. The van der Waals surface area contributed by atoms with Gasteiger partial charge >= 0.3 is 6.09 Å². The molecule has 2 N–H and O–H groups in total. The van der Waals surface area contributed by atoms with Crippen LogP contribution >= 0.6 is 0 Å². The van der Waals surface area contributed by atoms with E-state index < -0.39 is 23.3 Å². The molecule has 0 saturated carbocycles. The molecular weight excluding hydrogens is 358 g/mol. The molecular formula is C20H19N5O3. The number of nitrogens with zero attached hydrogens (tertiary/aromatic N) is 4. The van der Waals surface area contributed by atoms with Crippen molar-refractivity contribution in [1.29, 1.82) is 15.8 Å². The molecule has 2 heterocycles. The maximum Gasteiger partial charge on any atom is 0.410 e. The van der Waals surface area contributed by atoms with Crippen LogP contribution in [0.15, 0.2) is 39.5 Å². The van der Waals surface area contributed by atoms with Crippen LogP contribution in [0, 0.1) is 52.2 Å². The third kappa shape index (κ3) is 2.69. The minimum Gasteiger partial charge on any atom is -0.466 e. The van der Waals surface area contributed by atoms with Gasteiger partial charge in [0.05, 0.1) is 35.9 Å². The van der Waals surface area contributed by atoms with Gasteiger partial charge in [0.15, 0.2) is 5.41 Å². The summed E-state index contributed by atoms with van der Waals surface area (Å²) in [5.74, 6) is -0.235. The predicted molar refractivity (Wildman–Crippen MR) is 96.8 cm³/mol. The Morgan fingerprint density at radius 1 is 1.39 bits per heavy atom. The van der Waals surface area contributed by atoms with Crippen LogP contribution < -0.4 is 5.73 Å². The zero-order valence-electron chi connectivity index (χ0n) is 15.6. The number of nitriles is 3. The van der Waals surface area contributed by atoms with E-state index in [4.69, 9.17) is 14.9 Å². The van der Waals surface area contributed by atoms with Crippen LogP contribution in [0.25, 0.3) is 0 Å². The number of amides is 1. The Labute approximate surface area is 162 Å². The summed E-state index contributed by atoms with van der Waals surface area (Å²) in [5, 5.41) is 29.6. The molecule has 0 unspecified atom stereocenters. The topological polar surface area (TPSA) is 140 Å². The third-order valence-corrected chi connectivity index (χ3v) is 5.26. The Kier molecular flexibility index (Phi) is 4.86. The van der Waals surface area contributed by atoms with Crippen molar-refractivity contribution in [3.63, 3.8) is 0 Å². The predicted octanol–water partition coefficient (Wildman–Crippen LogP) is 2.47. The van der Waals surface area contributed by atoms with Crippen molar-refractivity contribution >= 4 is 6.09 Å². The summed E-state index contributed by atoms with van der Waals surface area (Å²) in [7, 11) is 0. The minimum absolute atomic E-state index is 0.0777. The second-order valence-electron chi connectivity index (χ2n) is 6.73. The zero-order chi connectivity index (χ0) is 20.5. The van der Waals surface area contributed by atoms with Gasteiger partial charge in [-0.05, 0) is 31.6 Å². The molecule has 0 radical (unpaired) electrons. The molecule has 1 aromatic rings. The fraction of sp³-hybridized carbons (Fsp3) is 0.400. The largest absolute Gasteiger partial charge is 0.466 e. The summed E-state index contributed by atoms with van der Waals surface area (Å²) in [4.78, 5) is 13.7. The lowest BCUT2D eigenvalue weighted by Gasteiger charge is -2.44. The lowest BCUT2D eigenvalue weighted by atomic mass is 9.59. The van der Waals surface area contributed by atoms with Crippen molar-refractivity contribution in [2.75, 3.05) is 19.7 Å². The number of allylic oxidation sites excluding steroid dienone is 2. The van der Waals surface area contributed by atoms with Gasteiger partial charge in [-0.25, -0.2) is 4.79 Å². The molecule has 28 heavy (non-hydrogen) atoms. The van der Waals surface area contributed by atoms with Gasteiger partial charge in [0, 0.05) is 19.0 Å². The Balaban J connectivity index is 2.22. The van der Waals surface area contributed by atoms with E-state index in [-0.39, 0.29) is 31.0 Å². The van der Waals surface area contributed by atoms with E-state index >= 15 is 0 Å². The van der Waals surface area contributed by atoms with E-state index in [0.29, 0.717) is 17.1 Å². The molecule has 1 amide bonds. The van der Waals surface area contributed by atoms with Crippen molar-refractivity contribution < 1.29 is 13.9 Å². The molecule has 0 saturated heterocycles. The summed E-state index contributed by atoms with van der Waals surface area (Å²) in [6.07, 6.45) is 1.24. The average Bonchev–Trinajstić information content (AvgIpc) is 3.12. The molecule has 8 nitrogen and oxygen atoms in total. The number of nitrogens with two attached hydrogens (primary N) is 1. The molecule has 1 aliphatic carbocycles. The fourth-order valence-corrected chi connectivity index (χ4v) is 3.97. The SMILES string of the molecule is CCOC(=O)N1CC=C2C(C#N)=C(N)C(C#N)(C#N)[C@H](c3ccc(C)o3)[C@H]2C1. The molecule has 0 bridgehead atoms. The van der Waals surface area contributed by atoms with E-state index in [1.807, 2.05) is 18.2 Å². The highest BCUT2D eigenvalue weighted by atomic mass is 16.6. The van der Waals surface area contributed by atoms with E-state index in [9.17, 15) is 20.6 Å². The summed E-state index contributed by atoms with van der Waals surface area (Å²) in [5.41, 5.74) is 5.08. The molecule has 2 atom stereocenters. The van der Waals surface area contributed by atoms with Crippen LogP contribution in [-0.2, 0) is 4.74 Å². The molecule has 142 valence electrons. The van der Waals surface area contributed by atoms with Gasteiger partial charge in [-0.2, -0.15) is 15.8 Å². The van der Waals surface area contributed by atoms with E-state index in [1.54, 1.807) is 32.1 Å². The number of carbonyl (C=O) groups is 1. The number of carbonyl (C=O) groups excluding carboxylic acids is 1. The second-order valence-corrected chi connectivity index (χ2v) is 6.73. The number of rotatable bonds is 2. The van der Waals surface area contributed by atoms with Crippen LogP contribution in [0.4, 0.5) is 4.79 Å². The van der Waals surface area contributed by atoms with Gasteiger partial charge in [0.25, 0.3) is 0 Å². The van der Waals surface area contributed by atoms with Gasteiger partial charge < -0.3 is 19.8 Å². The quantitative estimate of drug-likeness (QED) is 0.834. The normalized spacial score (nSPS) is 23.0. The lowest BCUT2D eigenvalue weighted by molar-refractivity contribution is 0.0985. The summed E-state index contributed by atoms with van der Waals surface area (Å²) >= 11 is 0. The first-order chi connectivity index (χ1) is 13.4. The van der Waals surface area contributed by atoms with E-state index in [0.717, 1.165) is 0 Å². The molecule has 1 aliphatic heterocycles. The number of fused-ring (bicyclic) bond motifs is 1. The highest BCUT2D eigenvalue weighted by Gasteiger charge is 2.56. The minimum atomic E-state index is -1.78. The molecule has 2 aliphatic rings. The highest BCUT2D eigenvalue weighted by molar-refractivity contribution is 5.69. The Hall–Kier alpha value is -3.70. The van der Waals surface area contributed by atoms with Crippen molar-refractivity contribution in [2.45, 2.75) is 19.8 Å². The van der Waals surface area contributed by atoms with Crippen molar-refractivity contribution in [2.24, 2.45) is 17.1 Å². The van der Waals surface area contributed by atoms with Crippen LogP contribution in [0.3, 0.4) is 0 Å². The van der Waals surface area contributed by atoms with E-state index in [1.165, 1.54) is 4.90 Å². The molecule has 0 fully saturated rings.